The van der Waals surface area contributed by atoms with Crippen molar-refractivity contribution < 1.29 is 19.1 Å². The van der Waals surface area contributed by atoms with Crippen LogP contribution in [0.3, 0.4) is 0 Å². The maximum atomic E-state index is 13.3. The van der Waals surface area contributed by atoms with Crippen LogP contribution in [0.1, 0.15) is 18.4 Å². The fourth-order valence-electron chi connectivity index (χ4n) is 3.62. The highest BCUT2D eigenvalue weighted by molar-refractivity contribution is 6.30. The Bertz CT molecular complexity index is 690. The molecule has 0 radical (unpaired) electrons. The Hall–Kier alpha value is -2.09. The van der Waals surface area contributed by atoms with Crippen molar-refractivity contribution >= 4 is 23.6 Å². The molecule has 0 saturated carbocycles. The monoisotopic (exact) mass is 423 g/mol. The third-order valence-electron chi connectivity index (χ3n) is 5.19. The summed E-state index contributed by atoms with van der Waals surface area (Å²) in [6.07, 6.45) is 3.27. The minimum absolute atomic E-state index is 0.0524. The number of carbonyl (C=O) groups is 2. The molecule has 1 aliphatic heterocycles. The molecule has 1 saturated heterocycles. The third kappa shape index (κ3) is 6.45. The quantitative estimate of drug-likeness (QED) is 0.596. The van der Waals surface area contributed by atoms with E-state index in [4.69, 9.17) is 21.1 Å². The largest absolute Gasteiger partial charge is 0.445 e. The number of carbonyl (C=O) groups excluding carboxylic acids is 2. The van der Waals surface area contributed by atoms with E-state index in [1.807, 2.05) is 24.3 Å². The van der Waals surface area contributed by atoms with E-state index in [0.717, 1.165) is 24.9 Å². The Morgan fingerprint density at radius 3 is 2.72 bits per heavy atom. The van der Waals surface area contributed by atoms with Gasteiger partial charge in [0.05, 0.1) is 12.1 Å². The lowest BCUT2D eigenvalue weighted by molar-refractivity contribution is -0.140. The highest BCUT2D eigenvalue weighted by atomic mass is 35.5. The minimum atomic E-state index is -0.841. The molecular weight excluding hydrogens is 394 g/mol. The SMILES string of the molecule is C=CCOC(=O)NC(COC)C(=O)N(C)[C@@]1(Cc2ccc(Cl)cc2)CCCNC1. The van der Waals surface area contributed by atoms with Crippen LogP contribution in [0.15, 0.2) is 36.9 Å². The number of methoxy groups -OCH3 is 1. The first-order valence-corrected chi connectivity index (χ1v) is 10.1. The molecule has 1 fully saturated rings. The van der Waals surface area contributed by atoms with E-state index < -0.39 is 17.7 Å². The lowest BCUT2D eigenvalue weighted by Crippen LogP contribution is -2.63. The third-order valence-corrected chi connectivity index (χ3v) is 5.45. The highest BCUT2D eigenvalue weighted by Crippen LogP contribution is 2.28. The predicted molar refractivity (Wildman–Crippen MR) is 113 cm³/mol. The highest BCUT2D eigenvalue weighted by Gasteiger charge is 2.41. The van der Waals surface area contributed by atoms with Crippen LogP contribution in [-0.2, 0) is 20.7 Å². The van der Waals surface area contributed by atoms with Gasteiger partial charge in [0.2, 0.25) is 5.91 Å². The van der Waals surface area contributed by atoms with Crippen molar-refractivity contribution in [1.82, 2.24) is 15.5 Å². The van der Waals surface area contributed by atoms with Gasteiger partial charge in [-0.1, -0.05) is 36.4 Å². The molecule has 2 N–H and O–H groups in total. The smallest absolute Gasteiger partial charge is 0.408 e. The number of rotatable bonds is 9. The number of amides is 2. The van der Waals surface area contributed by atoms with E-state index in [0.29, 0.717) is 18.0 Å². The Morgan fingerprint density at radius 2 is 2.14 bits per heavy atom. The summed E-state index contributed by atoms with van der Waals surface area (Å²) in [6, 6.07) is 6.83. The Balaban J connectivity index is 2.19. The molecule has 29 heavy (non-hydrogen) atoms. The first-order valence-electron chi connectivity index (χ1n) is 9.68. The maximum Gasteiger partial charge on any atom is 0.408 e. The van der Waals surface area contributed by atoms with Crippen LogP contribution in [0.2, 0.25) is 5.02 Å². The van der Waals surface area contributed by atoms with Gasteiger partial charge in [-0.15, -0.1) is 0 Å². The summed E-state index contributed by atoms with van der Waals surface area (Å²) in [6.45, 7) is 5.21. The molecule has 2 atom stereocenters. The van der Waals surface area contributed by atoms with Crippen LogP contribution in [0.4, 0.5) is 4.79 Å². The van der Waals surface area contributed by atoms with Gasteiger partial charge in [0.1, 0.15) is 12.6 Å². The number of ether oxygens (including phenoxy) is 2. The average Bonchev–Trinajstić information content (AvgIpc) is 2.73. The number of nitrogens with zero attached hydrogens (tertiary/aromatic N) is 1. The van der Waals surface area contributed by atoms with Crippen LogP contribution >= 0.6 is 11.6 Å². The zero-order chi connectivity index (χ0) is 21.3. The van der Waals surface area contributed by atoms with Crippen molar-refractivity contribution in [2.24, 2.45) is 0 Å². The zero-order valence-corrected chi connectivity index (χ0v) is 17.8. The summed E-state index contributed by atoms with van der Waals surface area (Å²) in [5, 5.41) is 6.68. The fraction of sp³-hybridized carbons (Fsp3) is 0.524. The number of nitrogens with one attached hydrogen (secondary N) is 2. The summed E-state index contributed by atoms with van der Waals surface area (Å²) < 4.78 is 10.1. The maximum absolute atomic E-state index is 13.3. The van der Waals surface area contributed by atoms with Gasteiger partial charge in [0, 0.05) is 25.7 Å². The van der Waals surface area contributed by atoms with Crippen LogP contribution in [0.25, 0.3) is 0 Å². The second-order valence-corrected chi connectivity index (χ2v) is 7.68. The van der Waals surface area contributed by atoms with Crippen molar-refractivity contribution in [3.63, 3.8) is 0 Å². The van der Waals surface area contributed by atoms with E-state index in [1.54, 1.807) is 11.9 Å². The van der Waals surface area contributed by atoms with Gasteiger partial charge < -0.3 is 25.0 Å². The normalized spacial score (nSPS) is 19.8. The lowest BCUT2D eigenvalue weighted by Gasteiger charge is -2.46. The molecule has 1 unspecified atom stereocenters. The van der Waals surface area contributed by atoms with E-state index in [-0.39, 0.29) is 19.1 Å². The molecule has 1 aromatic rings. The molecule has 0 bridgehead atoms. The number of benzene rings is 1. The van der Waals surface area contributed by atoms with E-state index in [9.17, 15) is 9.59 Å². The summed E-state index contributed by atoms with van der Waals surface area (Å²) in [5.74, 6) is -0.222. The number of alkyl carbamates (subject to hydrolysis) is 1. The molecule has 1 heterocycles. The average molecular weight is 424 g/mol. The Kier molecular flexibility index (Phi) is 8.95. The van der Waals surface area contributed by atoms with Crippen molar-refractivity contribution in [3.05, 3.63) is 47.5 Å². The molecule has 1 aromatic carbocycles. The predicted octanol–water partition coefficient (Wildman–Crippen LogP) is 2.39. The Morgan fingerprint density at radius 1 is 1.41 bits per heavy atom. The lowest BCUT2D eigenvalue weighted by atomic mass is 9.82. The van der Waals surface area contributed by atoms with Crippen LogP contribution in [-0.4, -0.2) is 68.9 Å². The van der Waals surface area contributed by atoms with Crippen molar-refractivity contribution in [1.29, 1.82) is 0 Å². The van der Waals surface area contributed by atoms with E-state index in [1.165, 1.54) is 13.2 Å². The van der Waals surface area contributed by atoms with Gasteiger partial charge in [0.15, 0.2) is 0 Å². The molecule has 2 amide bonds. The number of hydrogen-bond acceptors (Lipinski definition) is 5. The summed E-state index contributed by atoms with van der Waals surface area (Å²) in [5.41, 5.74) is 0.682. The van der Waals surface area contributed by atoms with Crippen molar-refractivity contribution in [2.45, 2.75) is 30.8 Å². The van der Waals surface area contributed by atoms with Gasteiger partial charge in [-0.05, 0) is 43.5 Å². The topological polar surface area (TPSA) is 79.9 Å². The standard InChI is InChI=1S/C21H30ClN3O4/c1-4-12-29-20(27)24-18(14-28-3)19(26)25(2)21(10-5-11-23-15-21)13-16-6-8-17(22)9-7-16/h4,6-9,18,23H,1,5,10-15H2,2-3H3,(H,24,27)/t18?,21-/m1/s1. The van der Waals surface area contributed by atoms with Crippen LogP contribution in [0, 0.1) is 0 Å². The second kappa shape index (κ2) is 11.2. The number of piperidine rings is 1. The molecule has 1 aliphatic rings. The number of likely N-dealkylation sites (N-methyl/N-ethyl adjacent to an activating group) is 1. The van der Waals surface area contributed by atoms with Gasteiger partial charge in [0.25, 0.3) is 0 Å². The summed E-state index contributed by atoms with van der Waals surface area (Å²) in [7, 11) is 3.27. The molecule has 160 valence electrons. The van der Waals surface area contributed by atoms with Gasteiger partial charge in [-0.25, -0.2) is 4.79 Å². The molecule has 0 aliphatic carbocycles. The van der Waals surface area contributed by atoms with Crippen LogP contribution in [0.5, 0.6) is 0 Å². The number of hydrogen-bond donors (Lipinski definition) is 2. The van der Waals surface area contributed by atoms with Crippen molar-refractivity contribution in [3.8, 4) is 0 Å². The number of halogens is 1. The van der Waals surface area contributed by atoms with E-state index >= 15 is 0 Å². The first kappa shape index (κ1) is 23.2. The minimum Gasteiger partial charge on any atom is -0.445 e. The van der Waals surface area contributed by atoms with E-state index in [2.05, 4.69) is 17.2 Å². The second-order valence-electron chi connectivity index (χ2n) is 7.24. The summed E-state index contributed by atoms with van der Waals surface area (Å²) >= 11 is 6.01. The van der Waals surface area contributed by atoms with Gasteiger partial charge in [-0.3, -0.25) is 4.79 Å². The molecule has 0 spiro atoms. The van der Waals surface area contributed by atoms with Crippen LogP contribution < -0.4 is 10.6 Å². The fourth-order valence-corrected chi connectivity index (χ4v) is 3.74. The molecule has 0 aromatic heterocycles. The molecule has 2 rings (SSSR count). The zero-order valence-electron chi connectivity index (χ0n) is 17.1. The first-order chi connectivity index (χ1) is 13.9. The molecule has 7 nitrogen and oxygen atoms in total. The van der Waals surface area contributed by atoms with Crippen molar-refractivity contribution in [2.75, 3.05) is 40.5 Å². The molecule has 8 heteroatoms. The Labute approximate surface area is 177 Å². The molecular formula is C21H30ClN3O4. The van der Waals surface area contributed by atoms with Gasteiger partial charge in [-0.2, -0.15) is 0 Å². The van der Waals surface area contributed by atoms with Gasteiger partial charge >= 0.3 is 6.09 Å². The summed E-state index contributed by atoms with van der Waals surface area (Å²) in [4.78, 5) is 27.0.